The normalized spacial score (nSPS) is 18.2. The summed E-state index contributed by atoms with van der Waals surface area (Å²) >= 11 is 0. The van der Waals surface area contributed by atoms with Crippen molar-refractivity contribution in [1.82, 2.24) is 4.90 Å². The van der Waals surface area contributed by atoms with Crippen LogP contribution in [-0.4, -0.2) is 65.0 Å². The Bertz CT molecular complexity index is 1420. The summed E-state index contributed by atoms with van der Waals surface area (Å²) in [6.07, 6.45) is -0.214. The maximum absolute atomic E-state index is 14.5. The van der Waals surface area contributed by atoms with Gasteiger partial charge in [0.15, 0.2) is 9.04 Å². The lowest BCUT2D eigenvalue weighted by atomic mass is 9.56. The first kappa shape index (κ1) is 37.0. The first-order chi connectivity index (χ1) is 22.8. The second kappa shape index (κ2) is 16.1. The van der Waals surface area contributed by atoms with Crippen molar-refractivity contribution in [1.29, 1.82) is 0 Å². The van der Waals surface area contributed by atoms with Crippen molar-refractivity contribution < 1.29 is 33.0 Å². The number of nitrogens with zero attached hydrogens (tertiary/aromatic N) is 1. The molecule has 260 valence electrons. The highest BCUT2D eigenvalue weighted by Crippen LogP contribution is 2.52. The molecule has 0 radical (unpaired) electrons. The van der Waals surface area contributed by atoms with E-state index in [1.54, 1.807) is 21.1 Å². The second-order valence-corrected chi connectivity index (χ2v) is 16.8. The molecule has 0 spiro atoms. The molecule has 1 aliphatic rings. The quantitative estimate of drug-likeness (QED) is 0.0939. The summed E-state index contributed by atoms with van der Waals surface area (Å²) in [5.41, 5.74) is 2.34. The van der Waals surface area contributed by atoms with Gasteiger partial charge in [-0.25, -0.2) is 4.79 Å². The minimum Gasteiger partial charge on any atom is -0.497 e. The molecule has 48 heavy (non-hydrogen) atoms. The van der Waals surface area contributed by atoms with E-state index in [1.807, 2.05) is 54.6 Å². The van der Waals surface area contributed by atoms with Crippen molar-refractivity contribution in [3.63, 3.8) is 0 Å². The van der Waals surface area contributed by atoms with Gasteiger partial charge in [0.2, 0.25) is 5.91 Å². The SMILES string of the molecule is COc1ccc(CC(Cc2ccc(OC)cc2)N2C(=O)[C@H]([C@@H](C)OC(=O)OCc3ccccc3)[C@H]2C(C)(CO[SiH](C)C)C(C)(C)C)cc1. The van der Waals surface area contributed by atoms with Crippen molar-refractivity contribution in [3.8, 4) is 11.5 Å². The second-order valence-electron chi connectivity index (χ2n) is 14.3. The summed E-state index contributed by atoms with van der Waals surface area (Å²) in [5, 5.41) is 0. The number of methoxy groups -OCH3 is 2. The van der Waals surface area contributed by atoms with E-state index in [9.17, 15) is 9.59 Å². The summed E-state index contributed by atoms with van der Waals surface area (Å²) in [4.78, 5) is 29.5. The molecule has 4 rings (SSSR count). The fourth-order valence-electron chi connectivity index (χ4n) is 6.50. The molecule has 1 aliphatic heterocycles. The van der Waals surface area contributed by atoms with E-state index in [0.29, 0.717) is 19.4 Å². The topological polar surface area (TPSA) is 83.5 Å². The van der Waals surface area contributed by atoms with Crippen molar-refractivity contribution in [2.24, 2.45) is 16.7 Å². The lowest BCUT2D eigenvalue weighted by Gasteiger charge is -2.62. The number of likely N-dealkylation sites (tertiary alicyclic amines) is 1. The molecule has 0 bridgehead atoms. The number of rotatable bonds is 15. The molecule has 0 N–H and O–H groups in total. The Labute approximate surface area is 288 Å². The van der Waals surface area contributed by atoms with Crippen LogP contribution in [-0.2, 0) is 38.1 Å². The molecule has 3 aromatic rings. The van der Waals surface area contributed by atoms with Gasteiger partial charge in [0.1, 0.15) is 24.2 Å². The Hall–Kier alpha value is -3.82. The van der Waals surface area contributed by atoms with Crippen LogP contribution < -0.4 is 9.47 Å². The van der Waals surface area contributed by atoms with Crippen LogP contribution >= 0.6 is 0 Å². The summed E-state index contributed by atoms with van der Waals surface area (Å²) < 4.78 is 28.6. The zero-order chi connectivity index (χ0) is 35.1. The van der Waals surface area contributed by atoms with E-state index in [1.165, 1.54) is 0 Å². The van der Waals surface area contributed by atoms with E-state index in [2.05, 4.69) is 70.0 Å². The number of hydrogen-bond donors (Lipinski definition) is 0. The lowest BCUT2D eigenvalue weighted by molar-refractivity contribution is -0.195. The highest BCUT2D eigenvalue weighted by molar-refractivity contribution is 6.48. The Morgan fingerprint density at radius 2 is 1.33 bits per heavy atom. The van der Waals surface area contributed by atoms with Gasteiger partial charge in [0, 0.05) is 18.1 Å². The van der Waals surface area contributed by atoms with Crippen LogP contribution in [0.3, 0.4) is 0 Å². The average molecular weight is 676 g/mol. The molecule has 0 saturated carbocycles. The molecular weight excluding hydrogens is 623 g/mol. The van der Waals surface area contributed by atoms with Gasteiger partial charge in [0.05, 0.1) is 26.2 Å². The van der Waals surface area contributed by atoms with Crippen LogP contribution in [0, 0.1) is 16.7 Å². The van der Waals surface area contributed by atoms with Gasteiger partial charge in [0.25, 0.3) is 0 Å². The van der Waals surface area contributed by atoms with Crippen LogP contribution in [0.15, 0.2) is 78.9 Å². The number of hydrogen-bond acceptors (Lipinski definition) is 7. The fourth-order valence-corrected chi connectivity index (χ4v) is 7.18. The molecule has 4 atom stereocenters. The minimum absolute atomic E-state index is 0.0346. The summed E-state index contributed by atoms with van der Waals surface area (Å²) in [7, 11) is 1.91. The molecule has 1 heterocycles. The zero-order valence-corrected chi connectivity index (χ0v) is 31.2. The molecule has 1 amide bonds. The zero-order valence-electron chi connectivity index (χ0n) is 30.0. The number of carbonyl (C=O) groups excluding carboxylic acids is 2. The van der Waals surface area contributed by atoms with E-state index in [0.717, 1.165) is 28.2 Å². The third-order valence-corrected chi connectivity index (χ3v) is 10.7. The molecule has 8 nitrogen and oxygen atoms in total. The highest BCUT2D eigenvalue weighted by atomic mass is 28.3. The van der Waals surface area contributed by atoms with Gasteiger partial charge in [-0.2, -0.15) is 0 Å². The fraction of sp³-hybridized carbons (Fsp3) is 0.487. The van der Waals surface area contributed by atoms with Crippen molar-refractivity contribution in [3.05, 3.63) is 95.6 Å². The lowest BCUT2D eigenvalue weighted by Crippen LogP contribution is -2.75. The van der Waals surface area contributed by atoms with Gasteiger partial charge in [-0.3, -0.25) is 4.79 Å². The number of carbonyl (C=O) groups is 2. The van der Waals surface area contributed by atoms with Crippen LogP contribution in [0.1, 0.15) is 51.3 Å². The molecule has 1 fully saturated rings. The highest BCUT2D eigenvalue weighted by Gasteiger charge is 2.63. The Balaban J connectivity index is 1.70. The number of amides is 1. The standard InChI is InChI=1S/C39H53NO7Si/c1-27(47-37(42)45-25-30-13-11-10-12-14-30)34-35(39(5,38(2,3)4)26-46-48(8)9)40(36(34)41)31(23-28-15-19-32(43-6)20-16-28)24-29-17-21-33(44-7)22-18-29/h10-22,27,31,34-35,48H,23-26H2,1-9H3/t27-,34-,35+,39?/m1/s1. The van der Waals surface area contributed by atoms with Gasteiger partial charge in [-0.1, -0.05) is 82.3 Å². The van der Waals surface area contributed by atoms with Crippen LogP contribution in [0.25, 0.3) is 0 Å². The third-order valence-electron chi connectivity index (χ3n) is 9.90. The Kier molecular flexibility index (Phi) is 12.4. The summed E-state index contributed by atoms with van der Waals surface area (Å²) in [5.74, 6) is 0.963. The maximum atomic E-state index is 14.5. The maximum Gasteiger partial charge on any atom is 0.508 e. The van der Waals surface area contributed by atoms with E-state index in [4.69, 9.17) is 23.4 Å². The molecule has 0 aromatic heterocycles. The smallest absolute Gasteiger partial charge is 0.497 e. The molecular formula is C39H53NO7Si. The summed E-state index contributed by atoms with van der Waals surface area (Å²) in [6.45, 7) is 15.6. The summed E-state index contributed by atoms with van der Waals surface area (Å²) in [6, 6.07) is 25.1. The first-order valence-corrected chi connectivity index (χ1v) is 19.6. The average Bonchev–Trinajstić information content (AvgIpc) is 3.05. The van der Waals surface area contributed by atoms with Crippen molar-refractivity contribution >= 4 is 21.1 Å². The van der Waals surface area contributed by atoms with Crippen LogP contribution in [0.2, 0.25) is 13.1 Å². The van der Waals surface area contributed by atoms with Gasteiger partial charge in [-0.15, -0.1) is 0 Å². The predicted octanol–water partition coefficient (Wildman–Crippen LogP) is 7.48. The largest absolute Gasteiger partial charge is 0.508 e. The molecule has 9 heteroatoms. The minimum atomic E-state index is -1.40. The van der Waals surface area contributed by atoms with E-state index in [-0.39, 0.29) is 30.0 Å². The number of benzene rings is 3. The van der Waals surface area contributed by atoms with Gasteiger partial charge < -0.3 is 28.3 Å². The molecule has 1 saturated heterocycles. The van der Waals surface area contributed by atoms with E-state index < -0.39 is 32.6 Å². The van der Waals surface area contributed by atoms with Crippen LogP contribution in [0.5, 0.6) is 11.5 Å². The third kappa shape index (κ3) is 8.79. The van der Waals surface area contributed by atoms with E-state index >= 15 is 0 Å². The monoisotopic (exact) mass is 675 g/mol. The van der Waals surface area contributed by atoms with Gasteiger partial charge >= 0.3 is 6.16 Å². The number of ether oxygens (including phenoxy) is 4. The molecule has 3 aromatic carbocycles. The van der Waals surface area contributed by atoms with Crippen LogP contribution in [0.4, 0.5) is 4.79 Å². The van der Waals surface area contributed by atoms with Crippen molar-refractivity contribution in [2.75, 3.05) is 20.8 Å². The number of β-lactam (4-membered cyclic amide) rings is 1. The Morgan fingerprint density at radius 1 is 0.812 bits per heavy atom. The predicted molar refractivity (Wildman–Crippen MR) is 191 cm³/mol. The molecule has 1 unspecified atom stereocenters. The Morgan fingerprint density at radius 3 is 1.79 bits per heavy atom. The first-order valence-electron chi connectivity index (χ1n) is 16.8. The molecule has 0 aliphatic carbocycles. The van der Waals surface area contributed by atoms with Gasteiger partial charge in [-0.05, 0) is 79.2 Å². The van der Waals surface area contributed by atoms with Crippen molar-refractivity contribution in [2.45, 2.75) is 85.3 Å².